The van der Waals surface area contributed by atoms with Crippen LogP contribution in [0.2, 0.25) is 0 Å². The van der Waals surface area contributed by atoms with E-state index in [1.54, 1.807) is 56.8 Å². The molecule has 0 aliphatic carbocycles. The zero-order valence-corrected chi connectivity index (χ0v) is 17.5. The van der Waals surface area contributed by atoms with Gasteiger partial charge in [-0.3, -0.25) is 9.78 Å². The Bertz CT molecular complexity index is 1220. The first-order chi connectivity index (χ1) is 15.5. The van der Waals surface area contributed by atoms with Gasteiger partial charge < -0.3 is 19.3 Å². The topological polar surface area (TPSA) is 86.5 Å². The summed E-state index contributed by atoms with van der Waals surface area (Å²) >= 11 is 0. The van der Waals surface area contributed by atoms with E-state index >= 15 is 0 Å². The largest absolute Gasteiger partial charge is 0.493 e. The van der Waals surface area contributed by atoms with Crippen LogP contribution >= 0.6 is 0 Å². The Morgan fingerprint density at radius 1 is 1.06 bits per heavy atom. The van der Waals surface area contributed by atoms with E-state index in [0.29, 0.717) is 40.8 Å². The third kappa shape index (κ3) is 4.59. The number of carbonyl (C=O) groups excluding carboxylic acids is 1. The average molecular weight is 433 g/mol. The fraction of sp³-hybridized carbons (Fsp3) is 0.125. The normalized spacial score (nSPS) is 10.6. The third-order valence-corrected chi connectivity index (χ3v) is 4.77. The molecule has 0 aliphatic heterocycles. The number of benzene rings is 2. The number of hydrogen-bond donors (Lipinski definition) is 1. The number of methoxy groups -OCH3 is 1. The molecule has 4 aromatic rings. The molecule has 0 spiro atoms. The Morgan fingerprint density at radius 3 is 2.53 bits per heavy atom. The Hall–Kier alpha value is -4.20. The molecule has 0 unspecified atom stereocenters. The number of hydrogen-bond acceptors (Lipinski definition) is 6. The van der Waals surface area contributed by atoms with E-state index in [2.05, 4.69) is 15.5 Å². The summed E-state index contributed by atoms with van der Waals surface area (Å²) in [6.45, 7) is 1.96. The molecule has 2 aromatic carbocycles. The Balaban J connectivity index is 1.56. The second-order valence-corrected chi connectivity index (χ2v) is 6.93. The van der Waals surface area contributed by atoms with Crippen LogP contribution in [0.1, 0.15) is 21.7 Å². The van der Waals surface area contributed by atoms with Crippen LogP contribution in [0.3, 0.4) is 0 Å². The molecule has 4 rings (SSSR count). The molecule has 0 bridgehead atoms. The smallest absolute Gasteiger partial charge is 0.261 e. The standard InChI is InChI=1S/C24H20FN3O4/c1-15-22(23(28-32-15)17-3-5-18(25)6-4-17)24(29)27-19-7-8-20(30-2)21(13-19)31-14-16-9-11-26-12-10-16/h3-13H,14H2,1-2H3,(H,27,29). The van der Waals surface area contributed by atoms with Gasteiger partial charge in [-0.1, -0.05) is 5.16 Å². The van der Waals surface area contributed by atoms with Gasteiger partial charge in [0.2, 0.25) is 0 Å². The first-order valence-corrected chi connectivity index (χ1v) is 9.78. The summed E-state index contributed by atoms with van der Waals surface area (Å²) in [5.41, 5.74) is 2.63. The molecule has 0 aliphatic rings. The number of anilines is 1. The van der Waals surface area contributed by atoms with E-state index in [1.165, 1.54) is 12.1 Å². The van der Waals surface area contributed by atoms with Gasteiger partial charge in [0.25, 0.3) is 5.91 Å². The average Bonchev–Trinajstić information content (AvgIpc) is 3.20. The SMILES string of the molecule is COc1ccc(NC(=O)c2c(-c3ccc(F)cc3)noc2C)cc1OCc1ccncc1. The third-order valence-electron chi connectivity index (χ3n) is 4.77. The molecule has 1 N–H and O–H groups in total. The summed E-state index contributed by atoms with van der Waals surface area (Å²) in [5.74, 6) is 0.573. The van der Waals surface area contributed by atoms with Crippen molar-refractivity contribution in [3.63, 3.8) is 0 Å². The highest BCUT2D eigenvalue weighted by atomic mass is 19.1. The molecule has 0 radical (unpaired) electrons. The van der Waals surface area contributed by atoms with Crippen LogP contribution in [0.15, 0.2) is 71.5 Å². The fourth-order valence-electron chi connectivity index (χ4n) is 3.15. The van der Waals surface area contributed by atoms with Crippen LogP contribution in [0, 0.1) is 12.7 Å². The molecule has 0 saturated heterocycles. The van der Waals surface area contributed by atoms with Crippen molar-refractivity contribution in [1.82, 2.24) is 10.1 Å². The molecular weight excluding hydrogens is 413 g/mol. The van der Waals surface area contributed by atoms with Crippen molar-refractivity contribution in [2.24, 2.45) is 0 Å². The number of nitrogens with one attached hydrogen (secondary N) is 1. The Labute approximate surface area is 183 Å². The van der Waals surface area contributed by atoms with Crippen LogP contribution in [-0.2, 0) is 6.61 Å². The van der Waals surface area contributed by atoms with Crippen LogP contribution in [0.4, 0.5) is 10.1 Å². The van der Waals surface area contributed by atoms with Crippen molar-refractivity contribution >= 4 is 11.6 Å². The Kier molecular flexibility index (Phi) is 6.12. The minimum absolute atomic E-state index is 0.270. The lowest BCUT2D eigenvalue weighted by Crippen LogP contribution is -2.13. The van der Waals surface area contributed by atoms with Gasteiger partial charge in [0, 0.05) is 29.7 Å². The quantitative estimate of drug-likeness (QED) is 0.440. The van der Waals surface area contributed by atoms with E-state index in [-0.39, 0.29) is 11.4 Å². The number of halogens is 1. The van der Waals surface area contributed by atoms with Crippen molar-refractivity contribution in [2.75, 3.05) is 12.4 Å². The van der Waals surface area contributed by atoms with Gasteiger partial charge in [-0.15, -0.1) is 0 Å². The number of nitrogens with zero attached hydrogens (tertiary/aromatic N) is 2. The predicted molar refractivity (Wildman–Crippen MR) is 116 cm³/mol. The maximum Gasteiger partial charge on any atom is 0.261 e. The molecule has 7 nitrogen and oxygen atoms in total. The van der Waals surface area contributed by atoms with E-state index in [4.69, 9.17) is 14.0 Å². The van der Waals surface area contributed by atoms with Gasteiger partial charge in [-0.2, -0.15) is 0 Å². The summed E-state index contributed by atoms with van der Waals surface area (Å²) in [6, 6.07) is 14.5. The minimum Gasteiger partial charge on any atom is -0.493 e. The lowest BCUT2D eigenvalue weighted by molar-refractivity contribution is 0.102. The van der Waals surface area contributed by atoms with Crippen molar-refractivity contribution in [2.45, 2.75) is 13.5 Å². The number of carbonyl (C=O) groups is 1. The maximum absolute atomic E-state index is 13.3. The molecular formula is C24H20FN3O4. The number of ether oxygens (including phenoxy) is 2. The highest BCUT2D eigenvalue weighted by Crippen LogP contribution is 2.32. The van der Waals surface area contributed by atoms with E-state index in [1.807, 2.05) is 12.1 Å². The summed E-state index contributed by atoms with van der Waals surface area (Å²) in [7, 11) is 1.54. The van der Waals surface area contributed by atoms with Gasteiger partial charge in [-0.05, 0) is 61.0 Å². The molecule has 0 fully saturated rings. The second kappa shape index (κ2) is 9.30. The first kappa shape index (κ1) is 21.0. The van der Waals surface area contributed by atoms with Gasteiger partial charge in [0.05, 0.1) is 7.11 Å². The number of aryl methyl sites for hydroxylation is 1. The minimum atomic E-state index is -0.409. The van der Waals surface area contributed by atoms with Gasteiger partial charge in [0.1, 0.15) is 29.4 Å². The molecule has 2 heterocycles. The van der Waals surface area contributed by atoms with Crippen LogP contribution in [0.5, 0.6) is 11.5 Å². The highest BCUT2D eigenvalue weighted by molar-refractivity contribution is 6.08. The summed E-state index contributed by atoms with van der Waals surface area (Å²) in [6.07, 6.45) is 3.37. The summed E-state index contributed by atoms with van der Waals surface area (Å²) in [5, 5.41) is 6.82. The second-order valence-electron chi connectivity index (χ2n) is 6.93. The zero-order valence-electron chi connectivity index (χ0n) is 17.5. The van der Waals surface area contributed by atoms with Gasteiger partial charge in [0.15, 0.2) is 11.5 Å². The molecule has 2 aromatic heterocycles. The highest BCUT2D eigenvalue weighted by Gasteiger charge is 2.22. The number of amides is 1. The molecule has 0 atom stereocenters. The lowest BCUT2D eigenvalue weighted by Gasteiger charge is -2.13. The van der Waals surface area contributed by atoms with Gasteiger partial charge >= 0.3 is 0 Å². The van der Waals surface area contributed by atoms with Crippen molar-refractivity contribution in [1.29, 1.82) is 0 Å². The van der Waals surface area contributed by atoms with Crippen molar-refractivity contribution < 1.29 is 23.2 Å². The number of rotatable bonds is 7. The zero-order chi connectivity index (χ0) is 22.5. The first-order valence-electron chi connectivity index (χ1n) is 9.78. The molecule has 0 saturated carbocycles. The van der Waals surface area contributed by atoms with Crippen molar-refractivity contribution in [3.05, 3.63) is 89.7 Å². The van der Waals surface area contributed by atoms with Crippen molar-refractivity contribution in [3.8, 4) is 22.8 Å². The Morgan fingerprint density at radius 2 is 1.81 bits per heavy atom. The number of pyridine rings is 1. The summed E-state index contributed by atoms with van der Waals surface area (Å²) in [4.78, 5) is 17.0. The fourth-order valence-corrected chi connectivity index (χ4v) is 3.15. The van der Waals surface area contributed by atoms with Crippen LogP contribution < -0.4 is 14.8 Å². The van der Waals surface area contributed by atoms with E-state index in [0.717, 1.165) is 5.56 Å². The van der Waals surface area contributed by atoms with Crippen LogP contribution in [0.25, 0.3) is 11.3 Å². The van der Waals surface area contributed by atoms with E-state index < -0.39 is 5.91 Å². The molecule has 32 heavy (non-hydrogen) atoms. The van der Waals surface area contributed by atoms with E-state index in [9.17, 15) is 9.18 Å². The number of aromatic nitrogens is 2. The monoisotopic (exact) mass is 433 g/mol. The predicted octanol–water partition coefficient (Wildman–Crippen LogP) is 5.02. The molecule has 8 heteroatoms. The van der Waals surface area contributed by atoms with Gasteiger partial charge in [-0.25, -0.2) is 4.39 Å². The lowest BCUT2D eigenvalue weighted by atomic mass is 10.1. The molecule has 1 amide bonds. The molecule has 162 valence electrons. The summed E-state index contributed by atoms with van der Waals surface area (Å²) < 4.78 is 29.8. The van der Waals surface area contributed by atoms with Crippen LogP contribution in [-0.4, -0.2) is 23.2 Å². The maximum atomic E-state index is 13.3.